The molecule has 11 rings (SSSR count). The summed E-state index contributed by atoms with van der Waals surface area (Å²) in [5.41, 5.74) is 8.39. The summed E-state index contributed by atoms with van der Waals surface area (Å²) >= 11 is 0. The number of H-pyrrole nitrogens is 2. The predicted octanol–water partition coefficient (Wildman–Crippen LogP) is 11.1. The van der Waals surface area contributed by atoms with Crippen molar-refractivity contribution in [1.82, 2.24) is 30.2 Å². The van der Waals surface area contributed by atoms with E-state index in [2.05, 4.69) is 20.2 Å². The third-order valence-corrected chi connectivity index (χ3v) is 16.2. The first-order valence-electron chi connectivity index (χ1n) is 26.7. The molecule has 18 heteroatoms. The van der Waals surface area contributed by atoms with Crippen LogP contribution < -0.4 is 24.9 Å². The minimum absolute atomic E-state index is 0.00291. The number of imidazole rings is 2. The van der Waals surface area contributed by atoms with E-state index in [0.29, 0.717) is 72.8 Å². The molecule has 16 nitrogen and oxygen atoms in total. The number of halogens is 2. The number of nitrogens with one attached hydrogen (secondary N) is 3. The molecule has 2 aromatic heterocycles. The van der Waals surface area contributed by atoms with E-state index in [0.717, 1.165) is 63.1 Å². The number of aromatic amines is 2. The minimum atomic E-state index is -1.19. The number of methoxy groups -OCH3 is 1. The van der Waals surface area contributed by atoms with Gasteiger partial charge in [-0.1, -0.05) is 76.2 Å². The molecular weight excluding hydrogens is 983 g/mol. The Hall–Kier alpha value is -8.02. The van der Waals surface area contributed by atoms with E-state index in [1.807, 2.05) is 118 Å². The lowest BCUT2D eigenvalue weighted by atomic mass is 10.0. The highest BCUT2D eigenvalue weighted by Crippen LogP contribution is 2.50. The van der Waals surface area contributed by atoms with Gasteiger partial charge in [0.25, 0.3) is 11.8 Å². The number of likely N-dealkylation sites (N-methyl/N-ethyl adjacent to an activating group) is 1. The number of hydrogen-bond donors (Lipinski definition) is 4. The van der Waals surface area contributed by atoms with Crippen LogP contribution in [0, 0.1) is 23.5 Å². The van der Waals surface area contributed by atoms with Crippen molar-refractivity contribution in [2.45, 2.75) is 109 Å². The van der Waals surface area contributed by atoms with E-state index in [1.165, 1.54) is 26.3 Å². The SMILES string of the molecule is COC(=O)N[C@@H](C(=O)N1c2ccccc2C[C@H]1c1nc2ccc([C@H]3CC[C@H](c4ccc5nc([C@@H]6Cc7ccccc7N6C(=O)[C@@H](C(C)C)N(C)C(=O)O)[nH]c5c4)N3c3cc(F)c(N4CCCCC4)c(F)c3)cc2[nH]1)C(C)C. The number of hydrogen-bond acceptors (Lipinski definition) is 9. The quantitative estimate of drug-likeness (QED) is 0.0919. The van der Waals surface area contributed by atoms with Crippen LogP contribution in [0.3, 0.4) is 0 Å². The predicted molar refractivity (Wildman–Crippen MR) is 291 cm³/mol. The number of rotatable bonds is 12. The number of para-hydroxylation sites is 2. The topological polar surface area (TPSA) is 183 Å². The number of piperidine rings is 1. The molecule has 5 aromatic carbocycles. The van der Waals surface area contributed by atoms with Crippen LogP contribution in [-0.4, -0.2) is 93.3 Å². The van der Waals surface area contributed by atoms with Crippen molar-refractivity contribution in [3.05, 3.63) is 143 Å². The number of alkyl carbamates (subject to hydrolysis) is 1. The van der Waals surface area contributed by atoms with Crippen molar-refractivity contribution in [3.63, 3.8) is 0 Å². The Labute approximate surface area is 445 Å². The fourth-order valence-electron chi connectivity index (χ4n) is 12.5. The summed E-state index contributed by atoms with van der Waals surface area (Å²) < 4.78 is 38.1. The Kier molecular flexibility index (Phi) is 13.6. The molecule has 6 heterocycles. The van der Waals surface area contributed by atoms with Crippen molar-refractivity contribution in [1.29, 1.82) is 0 Å². The average molecular weight is 1050 g/mol. The second-order valence-corrected chi connectivity index (χ2v) is 21.7. The molecule has 0 unspecified atom stereocenters. The first-order chi connectivity index (χ1) is 37.1. The van der Waals surface area contributed by atoms with Gasteiger partial charge in [-0.25, -0.2) is 28.3 Å². The van der Waals surface area contributed by atoms with E-state index >= 15 is 8.78 Å². The van der Waals surface area contributed by atoms with Crippen LogP contribution in [0.5, 0.6) is 0 Å². The monoisotopic (exact) mass is 1050 g/mol. The highest BCUT2D eigenvalue weighted by Gasteiger charge is 2.44. The highest BCUT2D eigenvalue weighted by atomic mass is 19.1. The first-order valence-corrected chi connectivity index (χ1v) is 26.7. The van der Waals surface area contributed by atoms with Gasteiger partial charge in [-0.15, -0.1) is 0 Å². The molecule has 4 N–H and O–H groups in total. The summed E-state index contributed by atoms with van der Waals surface area (Å²) in [7, 11) is 2.69. The van der Waals surface area contributed by atoms with Crippen molar-refractivity contribution >= 4 is 68.8 Å². The Morgan fingerprint density at radius 1 is 0.688 bits per heavy atom. The maximum absolute atomic E-state index is 16.6. The maximum Gasteiger partial charge on any atom is 0.407 e. The number of carboxylic acid groups (broad SMARTS) is 1. The summed E-state index contributed by atoms with van der Waals surface area (Å²) in [6, 6.07) is 26.8. The molecule has 6 atom stereocenters. The number of fused-ring (bicyclic) bond motifs is 4. The van der Waals surface area contributed by atoms with Crippen molar-refractivity contribution in [2.75, 3.05) is 46.8 Å². The lowest BCUT2D eigenvalue weighted by Gasteiger charge is -2.35. The van der Waals surface area contributed by atoms with Gasteiger partial charge in [-0.2, -0.15) is 0 Å². The summed E-state index contributed by atoms with van der Waals surface area (Å²) in [4.78, 5) is 79.4. The molecule has 0 saturated carbocycles. The molecule has 4 aliphatic rings. The largest absolute Gasteiger partial charge is 0.465 e. The van der Waals surface area contributed by atoms with Crippen LogP contribution in [0.25, 0.3) is 22.1 Å². The molecule has 400 valence electrons. The molecule has 4 aliphatic heterocycles. The fraction of sp³-hybridized carbons (Fsp3) is 0.390. The number of carbonyl (C=O) groups is 4. The normalized spacial score (nSPS) is 20.0. The number of ether oxygens (including phenoxy) is 1. The smallest absolute Gasteiger partial charge is 0.407 e. The second-order valence-electron chi connectivity index (χ2n) is 21.7. The van der Waals surface area contributed by atoms with Crippen molar-refractivity contribution < 1.29 is 37.8 Å². The van der Waals surface area contributed by atoms with E-state index in [1.54, 1.807) is 9.80 Å². The zero-order valence-corrected chi connectivity index (χ0v) is 44.1. The third-order valence-electron chi connectivity index (χ3n) is 16.2. The number of aromatic nitrogens is 4. The molecule has 4 amide bonds. The lowest BCUT2D eigenvalue weighted by Crippen LogP contribution is -2.52. The summed E-state index contributed by atoms with van der Waals surface area (Å²) in [5, 5.41) is 12.7. The van der Waals surface area contributed by atoms with Crippen LogP contribution >= 0.6 is 0 Å². The van der Waals surface area contributed by atoms with Crippen molar-refractivity contribution in [2.24, 2.45) is 11.8 Å². The van der Waals surface area contributed by atoms with E-state index < -0.39 is 48.0 Å². The third kappa shape index (κ3) is 9.24. The van der Waals surface area contributed by atoms with Crippen LogP contribution in [-0.2, 0) is 27.2 Å². The van der Waals surface area contributed by atoms with Crippen LogP contribution in [0.2, 0.25) is 0 Å². The molecule has 2 fully saturated rings. The molecule has 2 saturated heterocycles. The molecule has 0 aliphatic carbocycles. The minimum Gasteiger partial charge on any atom is -0.465 e. The van der Waals surface area contributed by atoms with E-state index in [9.17, 15) is 24.3 Å². The van der Waals surface area contributed by atoms with Crippen molar-refractivity contribution in [3.8, 4) is 0 Å². The zero-order valence-electron chi connectivity index (χ0n) is 44.1. The van der Waals surface area contributed by atoms with Crippen LogP contribution in [0.4, 0.5) is 41.1 Å². The molecule has 7 aromatic rings. The van der Waals surface area contributed by atoms with Gasteiger partial charge in [-0.3, -0.25) is 24.3 Å². The van der Waals surface area contributed by atoms with Gasteiger partial charge in [0, 0.05) is 50.0 Å². The number of amides is 4. The van der Waals surface area contributed by atoms with Gasteiger partial charge in [-0.05, 0) is 115 Å². The average Bonchev–Trinajstić information content (AvgIpc) is 4.31. The molecule has 0 spiro atoms. The fourth-order valence-corrected chi connectivity index (χ4v) is 12.5. The summed E-state index contributed by atoms with van der Waals surface area (Å²) in [6.07, 6.45) is 3.11. The molecule has 0 bridgehead atoms. The maximum atomic E-state index is 16.6. The van der Waals surface area contributed by atoms with Gasteiger partial charge in [0.15, 0.2) is 11.6 Å². The first kappa shape index (κ1) is 51.1. The molecular formula is C59H64F2N10O6. The Bertz CT molecular complexity index is 3400. The standard InChI is InChI=1S/C59H64F2N10O6/c1-32(2)51(66-58(74)77-6)56(72)70-45-16-10-8-14-34(45)28-49(70)54-62-41-20-18-36(26-43(41)64-54)47-22-23-48(69(47)38-30-39(60)53(40(61)31-38)68-24-12-7-13-25-68)37-19-21-42-44(27-37)65-55(63-42)50-29-35-15-9-11-17-46(35)71(50)57(73)52(33(3)4)67(5)59(75)76/h8-11,14-21,26-27,30-33,47-52H,7,12-13,22-25,28-29H2,1-6H3,(H,62,64)(H,63,65)(H,66,74)(H,75,76)/t47-,48-,49+,50+,51-,52-/m1/s1. The molecule has 77 heavy (non-hydrogen) atoms. The van der Waals surface area contributed by atoms with Gasteiger partial charge in [0.05, 0.1) is 53.3 Å². The van der Waals surface area contributed by atoms with Crippen LogP contribution in [0.1, 0.15) is 118 Å². The summed E-state index contributed by atoms with van der Waals surface area (Å²) in [5.74, 6) is -1.27. The van der Waals surface area contributed by atoms with E-state index in [-0.39, 0.29) is 41.4 Å². The van der Waals surface area contributed by atoms with Crippen LogP contribution in [0.15, 0.2) is 97.1 Å². The Morgan fingerprint density at radius 3 is 1.68 bits per heavy atom. The van der Waals surface area contributed by atoms with Gasteiger partial charge in [0.1, 0.15) is 29.4 Å². The van der Waals surface area contributed by atoms with Gasteiger partial charge in [0.2, 0.25) is 0 Å². The van der Waals surface area contributed by atoms with E-state index in [4.69, 9.17) is 14.7 Å². The second kappa shape index (κ2) is 20.5. The van der Waals surface area contributed by atoms with Gasteiger partial charge >= 0.3 is 12.2 Å². The Morgan fingerprint density at radius 2 is 1.19 bits per heavy atom. The number of anilines is 4. The number of benzene rings is 5. The summed E-state index contributed by atoms with van der Waals surface area (Å²) in [6.45, 7) is 8.58. The van der Waals surface area contributed by atoms with Gasteiger partial charge < -0.3 is 34.9 Å². The highest BCUT2D eigenvalue weighted by molar-refractivity contribution is 6.02. The zero-order chi connectivity index (χ0) is 54.0. The Balaban J connectivity index is 0.949. The number of nitrogens with zero attached hydrogens (tertiary/aromatic N) is 7. The number of carbonyl (C=O) groups excluding carboxylic acids is 3. The lowest BCUT2D eigenvalue weighted by molar-refractivity contribution is -0.124. The molecule has 0 radical (unpaired) electrons.